The Morgan fingerprint density at radius 2 is 1.82 bits per heavy atom. The van der Waals surface area contributed by atoms with Crippen molar-refractivity contribution in [3.63, 3.8) is 0 Å². The molecule has 0 spiro atoms. The van der Waals surface area contributed by atoms with Crippen molar-refractivity contribution in [3.05, 3.63) is 70.9 Å². The van der Waals surface area contributed by atoms with Crippen LogP contribution in [0.15, 0.2) is 47.4 Å². The molecule has 9 nitrogen and oxygen atoms in total. The number of halogens is 1. The molecule has 1 N–H and O–H groups in total. The number of nitrogens with zero attached hydrogens (tertiary/aromatic N) is 4. The molecule has 0 unspecified atom stereocenters. The Balaban J connectivity index is 1.71. The molecule has 2 aromatic carbocycles. The summed E-state index contributed by atoms with van der Waals surface area (Å²) in [6.45, 7) is 6.12. The van der Waals surface area contributed by atoms with Crippen molar-refractivity contribution in [3.8, 4) is 16.9 Å². The first-order valence-corrected chi connectivity index (χ1v) is 13.7. The van der Waals surface area contributed by atoms with E-state index in [1.165, 1.54) is 29.6 Å². The second kappa shape index (κ2) is 9.80. The van der Waals surface area contributed by atoms with Crippen molar-refractivity contribution in [2.75, 3.05) is 25.5 Å². The van der Waals surface area contributed by atoms with Gasteiger partial charge in [0.05, 0.1) is 12.7 Å². The van der Waals surface area contributed by atoms with Gasteiger partial charge in [0.1, 0.15) is 16.5 Å². The summed E-state index contributed by atoms with van der Waals surface area (Å²) in [5, 5.41) is 7.30. The highest BCUT2D eigenvalue weighted by atomic mass is 32.2. The Kier molecular flexibility index (Phi) is 6.66. The number of aromatic nitrogens is 3. The van der Waals surface area contributed by atoms with Gasteiger partial charge in [0, 0.05) is 35.7 Å². The number of benzene rings is 2. The molecule has 1 aliphatic heterocycles. The van der Waals surface area contributed by atoms with Gasteiger partial charge in [0.15, 0.2) is 11.3 Å². The first kappa shape index (κ1) is 25.8. The lowest BCUT2D eigenvalue weighted by Crippen LogP contribution is -2.28. The fraction of sp³-hybridized carbons (Fsp3) is 0.296. The minimum atomic E-state index is -3.84. The van der Waals surface area contributed by atoms with E-state index in [1.54, 1.807) is 29.6 Å². The van der Waals surface area contributed by atoms with Crippen LogP contribution in [0.5, 0.6) is 5.75 Å². The molecule has 0 bridgehead atoms. The molecule has 38 heavy (non-hydrogen) atoms. The Morgan fingerprint density at radius 3 is 2.53 bits per heavy atom. The lowest BCUT2D eigenvalue weighted by molar-refractivity contribution is 0.102. The van der Waals surface area contributed by atoms with Gasteiger partial charge >= 0.3 is 0 Å². The number of methoxy groups -OCH3 is 1. The van der Waals surface area contributed by atoms with Crippen LogP contribution in [0.3, 0.4) is 0 Å². The zero-order valence-electron chi connectivity index (χ0n) is 21.6. The Hall–Kier alpha value is -3.83. The third-order valence-corrected chi connectivity index (χ3v) is 8.68. The summed E-state index contributed by atoms with van der Waals surface area (Å²) in [4.78, 5) is 18.2. The van der Waals surface area contributed by atoms with Gasteiger partial charge in [-0.2, -0.15) is 9.40 Å². The predicted octanol–water partition coefficient (Wildman–Crippen LogP) is 4.51. The van der Waals surface area contributed by atoms with E-state index >= 15 is 0 Å². The number of carbonyl (C=O) groups is 1. The van der Waals surface area contributed by atoms with E-state index in [1.807, 2.05) is 19.9 Å². The van der Waals surface area contributed by atoms with Crippen LogP contribution < -0.4 is 10.1 Å². The minimum absolute atomic E-state index is 0.00968. The van der Waals surface area contributed by atoms with Crippen LogP contribution in [0.2, 0.25) is 0 Å². The third kappa shape index (κ3) is 4.41. The fourth-order valence-electron chi connectivity index (χ4n) is 4.77. The van der Waals surface area contributed by atoms with Gasteiger partial charge in [-0.1, -0.05) is 12.1 Å². The first-order valence-electron chi connectivity index (χ1n) is 12.2. The maximum atomic E-state index is 14.1. The van der Waals surface area contributed by atoms with Crippen LogP contribution in [0.4, 0.5) is 10.1 Å². The van der Waals surface area contributed by atoms with Crippen LogP contribution in [-0.4, -0.2) is 53.4 Å². The second-order valence-electron chi connectivity index (χ2n) is 9.34. The second-order valence-corrected chi connectivity index (χ2v) is 11.2. The van der Waals surface area contributed by atoms with Crippen molar-refractivity contribution in [1.82, 2.24) is 18.9 Å². The van der Waals surface area contributed by atoms with E-state index in [9.17, 15) is 17.6 Å². The third-order valence-electron chi connectivity index (χ3n) is 6.76. The summed E-state index contributed by atoms with van der Waals surface area (Å²) in [5.74, 6) is -0.812. The lowest BCUT2D eigenvalue weighted by Gasteiger charge is -2.18. The molecule has 0 atom stereocenters. The van der Waals surface area contributed by atoms with Crippen molar-refractivity contribution < 1.29 is 22.3 Å². The number of ether oxygens (including phenoxy) is 1. The highest BCUT2D eigenvalue weighted by Crippen LogP contribution is 2.36. The quantitative estimate of drug-likeness (QED) is 0.388. The van der Waals surface area contributed by atoms with E-state index in [2.05, 4.69) is 15.4 Å². The maximum Gasteiger partial charge on any atom is 0.276 e. The van der Waals surface area contributed by atoms with Gasteiger partial charge in [-0.3, -0.25) is 4.79 Å². The van der Waals surface area contributed by atoms with Gasteiger partial charge in [-0.05, 0) is 69.5 Å². The minimum Gasteiger partial charge on any atom is -0.495 e. The number of amides is 1. The van der Waals surface area contributed by atoms with Crippen LogP contribution in [0.1, 0.15) is 40.3 Å². The fourth-order valence-corrected chi connectivity index (χ4v) is 6.47. The summed E-state index contributed by atoms with van der Waals surface area (Å²) in [7, 11) is -2.42. The summed E-state index contributed by atoms with van der Waals surface area (Å²) in [6, 6.07) is 11.0. The molecule has 5 rings (SSSR count). The molecular formula is C27H28FN5O4S. The number of nitrogens with one attached hydrogen (secondary N) is 1. The summed E-state index contributed by atoms with van der Waals surface area (Å²) < 4.78 is 49.6. The number of rotatable bonds is 6. The van der Waals surface area contributed by atoms with E-state index in [-0.39, 0.29) is 16.3 Å². The van der Waals surface area contributed by atoms with Gasteiger partial charge in [0.2, 0.25) is 10.0 Å². The van der Waals surface area contributed by atoms with Gasteiger partial charge in [0.25, 0.3) is 5.91 Å². The van der Waals surface area contributed by atoms with E-state index in [0.29, 0.717) is 46.8 Å². The Labute approximate surface area is 220 Å². The monoisotopic (exact) mass is 537 g/mol. The lowest BCUT2D eigenvalue weighted by atomic mass is 10.0. The highest BCUT2D eigenvalue weighted by Gasteiger charge is 2.32. The van der Waals surface area contributed by atoms with Gasteiger partial charge < -0.3 is 10.1 Å². The largest absolute Gasteiger partial charge is 0.495 e. The van der Waals surface area contributed by atoms with E-state index in [4.69, 9.17) is 4.74 Å². The van der Waals surface area contributed by atoms with Crippen molar-refractivity contribution in [1.29, 1.82) is 0 Å². The average molecular weight is 538 g/mol. The Bertz CT molecular complexity index is 1680. The standard InChI is InChI=1S/C27H28FN5O4S/c1-16-14-17(2)33-26(29-16)24(25(31-33)27(34)30-21-9-7-8-20(28)18(21)3)19-10-11-22(37-4)23(15-19)38(35,36)32-12-5-6-13-32/h7-11,14-15H,5-6,12-13H2,1-4H3,(H,30,34). The first-order chi connectivity index (χ1) is 18.1. The number of sulfonamides is 1. The molecule has 1 saturated heterocycles. The number of hydrogen-bond donors (Lipinski definition) is 1. The molecule has 4 aromatic rings. The molecule has 1 amide bonds. The molecule has 0 radical (unpaired) electrons. The van der Waals surface area contributed by atoms with Gasteiger partial charge in [-0.15, -0.1) is 0 Å². The van der Waals surface area contributed by atoms with Crippen LogP contribution >= 0.6 is 0 Å². The molecule has 198 valence electrons. The topological polar surface area (TPSA) is 106 Å². The molecule has 1 fully saturated rings. The molecular weight excluding hydrogens is 509 g/mol. The maximum absolute atomic E-state index is 14.1. The molecule has 0 aliphatic carbocycles. The molecule has 2 aromatic heterocycles. The van der Waals surface area contributed by atoms with Gasteiger partial charge in [-0.25, -0.2) is 22.3 Å². The molecule has 11 heteroatoms. The zero-order valence-corrected chi connectivity index (χ0v) is 22.4. The number of fused-ring (bicyclic) bond motifs is 1. The number of hydrogen-bond acceptors (Lipinski definition) is 6. The zero-order chi connectivity index (χ0) is 27.2. The van der Waals surface area contributed by atoms with Crippen LogP contribution in [0, 0.1) is 26.6 Å². The van der Waals surface area contributed by atoms with E-state index in [0.717, 1.165) is 18.5 Å². The highest BCUT2D eigenvalue weighted by molar-refractivity contribution is 7.89. The normalized spacial score (nSPS) is 14.2. The van der Waals surface area contributed by atoms with Crippen LogP contribution in [0.25, 0.3) is 16.8 Å². The van der Waals surface area contributed by atoms with Crippen LogP contribution in [-0.2, 0) is 10.0 Å². The summed E-state index contributed by atoms with van der Waals surface area (Å²) in [6.07, 6.45) is 1.59. The molecule has 3 heterocycles. The molecule has 0 saturated carbocycles. The summed E-state index contributed by atoms with van der Waals surface area (Å²) in [5.41, 5.74) is 3.30. The smallest absolute Gasteiger partial charge is 0.276 e. The van der Waals surface area contributed by atoms with E-state index < -0.39 is 21.7 Å². The Morgan fingerprint density at radius 1 is 1.08 bits per heavy atom. The average Bonchev–Trinajstić information content (AvgIpc) is 3.56. The molecule has 1 aliphatic rings. The number of carbonyl (C=O) groups excluding carboxylic acids is 1. The van der Waals surface area contributed by atoms with Crippen molar-refractivity contribution in [2.45, 2.75) is 38.5 Å². The number of aryl methyl sites for hydroxylation is 2. The number of anilines is 1. The SMILES string of the molecule is COc1ccc(-c2c(C(=O)Nc3cccc(F)c3C)nn3c(C)cc(C)nc23)cc1S(=O)(=O)N1CCCC1. The summed E-state index contributed by atoms with van der Waals surface area (Å²) >= 11 is 0. The predicted molar refractivity (Wildman–Crippen MR) is 142 cm³/mol. The van der Waals surface area contributed by atoms with Crippen molar-refractivity contribution in [2.24, 2.45) is 0 Å². The van der Waals surface area contributed by atoms with Crippen molar-refractivity contribution >= 4 is 27.3 Å².